The van der Waals surface area contributed by atoms with Gasteiger partial charge in [-0.3, -0.25) is 4.79 Å². The molecule has 0 bridgehead atoms. The number of amides is 1. The maximum Gasteiger partial charge on any atom is 0.228 e. The Hall–Kier alpha value is -2.18. The number of hydrogen-bond acceptors (Lipinski definition) is 3. The zero-order valence-corrected chi connectivity index (χ0v) is 17.1. The SMILES string of the molecule is Cc1cccc(NC(=O)[C@@H]2CCCN(S(=O)(=O)CCCc3ccccc3)C2)c1. The van der Waals surface area contributed by atoms with Gasteiger partial charge < -0.3 is 5.32 Å². The highest BCUT2D eigenvalue weighted by Crippen LogP contribution is 2.22. The fourth-order valence-corrected chi connectivity index (χ4v) is 5.19. The second kappa shape index (κ2) is 9.34. The number of anilines is 1. The number of aryl methyl sites for hydroxylation is 2. The van der Waals surface area contributed by atoms with Crippen LogP contribution in [0.1, 0.15) is 30.4 Å². The number of nitrogens with zero attached hydrogens (tertiary/aromatic N) is 1. The van der Waals surface area contributed by atoms with Crippen LogP contribution in [0.2, 0.25) is 0 Å². The number of rotatable bonds is 7. The number of carbonyl (C=O) groups is 1. The summed E-state index contributed by atoms with van der Waals surface area (Å²) in [6.45, 7) is 2.74. The number of sulfonamides is 1. The van der Waals surface area contributed by atoms with Gasteiger partial charge in [0.2, 0.25) is 15.9 Å². The van der Waals surface area contributed by atoms with Crippen LogP contribution in [0.25, 0.3) is 0 Å². The normalized spacial score (nSPS) is 18.0. The minimum Gasteiger partial charge on any atom is -0.326 e. The van der Waals surface area contributed by atoms with Gasteiger partial charge in [-0.1, -0.05) is 42.5 Å². The topological polar surface area (TPSA) is 66.5 Å². The zero-order chi connectivity index (χ0) is 20.0. The molecule has 1 heterocycles. The van der Waals surface area contributed by atoms with Crippen LogP contribution in [0.4, 0.5) is 5.69 Å². The molecule has 1 atom stereocenters. The van der Waals surface area contributed by atoms with Crippen molar-refractivity contribution in [2.24, 2.45) is 5.92 Å². The molecule has 5 nitrogen and oxygen atoms in total. The summed E-state index contributed by atoms with van der Waals surface area (Å²) in [6, 6.07) is 17.5. The van der Waals surface area contributed by atoms with Crippen LogP contribution < -0.4 is 5.32 Å². The average molecular weight is 401 g/mol. The third-order valence-electron chi connectivity index (χ3n) is 5.14. The van der Waals surface area contributed by atoms with Crippen molar-refractivity contribution in [2.45, 2.75) is 32.6 Å². The van der Waals surface area contributed by atoms with Gasteiger partial charge in [-0.2, -0.15) is 0 Å². The summed E-state index contributed by atoms with van der Waals surface area (Å²) in [6.07, 6.45) is 2.76. The Morgan fingerprint density at radius 1 is 1.14 bits per heavy atom. The van der Waals surface area contributed by atoms with Crippen molar-refractivity contribution in [3.8, 4) is 0 Å². The third kappa shape index (κ3) is 5.66. The summed E-state index contributed by atoms with van der Waals surface area (Å²) in [4.78, 5) is 12.6. The predicted octanol–water partition coefficient (Wildman–Crippen LogP) is 3.61. The Kier molecular flexibility index (Phi) is 6.86. The molecule has 1 aliphatic heterocycles. The molecule has 1 fully saturated rings. The van der Waals surface area contributed by atoms with Crippen molar-refractivity contribution in [1.82, 2.24) is 4.31 Å². The standard InChI is InChI=1S/C22H28N2O3S/c1-18-8-5-13-21(16-18)23-22(25)20-12-6-14-24(17-20)28(26,27)15-7-11-19-9-3-2-4-10-19/h2-5,8-10,13,16,20H,6-7,11-12,14-15,17H2,1H3,(H,23,25)/t20-/m1/s1. The van der Waals surface area contributed by atoms with Gasteiger partial charge in [0, 0.05) is 18.8 Å². The maximum atomic E-state index is 12.7. The van der Waals surface area contributed by atoms with Crippen molar-refractivity contribution in [3.05, 3.63) is 65.7 Å². The van der Waals surface area contributed by atoms with E-state index in [-0.39, 0.29) is 24.1 Å². The summed E-state index contributed by atoms with van der Waals surface area (Å²) in [7, 11) is -3.35. The molecule has 2 aromatic carbocycles. The lowest BCUT2D eigenvalue weighted by molar-refractivity contribution is -0.120. The van der Waals surface area contributed by atoms with E-state index < -0.39 is 10.0 Å². The molecule has 0 unspecified atom stereocenters. The van der Waals surface area contributed by atoms with E-state index >= 15 is 0 Å². The lowest BCUT2D eigenvalue weighted by atomic mass is 9.98. The minimum absolute atomic E-state index is 0.102. The zero-order valence-electron chi connectivity index (χ0n) is 16.3. The van der Waals surface area contributed by atoms with Gasteiger partial charge in [0.1, 0.15) is 0 Å². The Morgan fingerprint density at radius 3 is 2.68 bits per heavy atom. The first-order valence-corrected chi connectivity index (χ1v) is 11.4. The second-order valence-electron chi connectivity index (χ2n) is 7.46. The quantitative estimate of drug-likeness (QED) is 0.772. The van der Waals surface area contributed by atoms with E-state index in [1.807, 2.05) is 61.5 Å². The third-order valence-corrected chi connectivity index (χ3v) is 7.07. The van der Waals surface area contributed by atoms with Gasteiger partial charge in [0.05, 0.1) is 11.7 Å². The van der Waals surface area contributed by atoms with E-state index in [0.29, 0.717) is 25.8 Å². The van der Waals surface area contributed by atoms with Gasteiger partial charge >= 0.3 is 0 Å². The van der Waals surface area contributed by atoms with Crippen molar-refractivity contribution in [3.63, 3.8) is 0 Å². The van der Waals surface area contributed by atoms with E-state index in [9.17, 15) is 13.2 Å². The van der Waals surface area contributed by atoms with Crippen LogP contribution in [-0.4, -0.2) is 37.5 Å². The van der Waals surface area contributed by atoms with Crippen LogP contribution in [-0.2, 0) is 21.2 Å². The molecular weight excluding hydrogens is 372 g/mol. The molecule has 1 saturated heterocycles. The van der Waals surface area contributed by atoms with Crippen molar-refractivity contribution < 1.29 is 13.2 Å². The van der Waals surface area contributed by atoms with E-state index in [4.69, 9.17) is 0 Å². The van der Waals surface area contributed by atoms with E-state index in [0.717, 1.165) is 23.2 Å². The smallest absolute Gasteiger partial charge is 0.228 e. The van der Waals surface area contributed by atoms with Crippen molar-refractivity contribution in [2.75, 3.05) is 24.2 Å². The van der Waals surface area contributed by atoms with Crippen LogP contribution in [0.15, 0.2) is 54.6 Å². The van der Waals surface area contributed by atoms with E-state index in [2.05, 4.69) is 5.32 Å². The highest BCUT2D eigenvalue weighted by molar-refractivity contribution is 7.89. The fraction of sp³-hybridized carbons (Fsp3) is 0.409. The molecule has 150 valence electrons. The molecule has 3 rings (SSSR count). The average Bonchev–Trinajstić information content (AvgIpc) is 2.69. The monoisotopic (exact) mass is 400 g/mol. The molecule has 0 radical (unpaired) electrons. The number of hydrogen-bond donors (Lipinski definition) is 1. The first-order valence-electron chi connectivity index (χ1n) is 9.83. The van der Waals surface area contributed by atoms with Gasteiger partial charge in [-0.25, -0.2) is 12.7 Å². The summed E-state index contributed by atoms with van der Waals surface area (Å²) in [5.41, 5.74) is 2.98. The largest absolute Gasteiger partial charge is 0.326 e. The predicted molar refractivity (Wildman–Crippen MR) is 113 cm³/mol. The first kappa shape index (κ1) is 20.6. The van der Waals surface area contributed by atoms with Crippen molar-refractivity contribution in [1.29, 1.82) is 0 Å². The molecule has 1 N–H and O–H groups in total. The van der Waals surface area contributed by atoms with Crippen LogP contribution in [0, 0.1) is 12.8 Å². The number of piperidine rings is 1. The number of nitrogens with one attached hydrogen (secondary N) is 1. The van der Waals surface area contributed by atoms with Crippen LogP contribution in [0.5, 0.6) is 0 Å². The Balaban J connectivity index is 1.54. The molecule has 2 aromatic rings. The Bertz CT molecular complexity index is 897. The van der Waals surface area contributed by atoms with Gasteiger partial charge in [-0.05, 0) is 55.9 Å². The highest BCUT2D eigenvalue weighted by Gasteiger charge is 2.32. The van der Waals surface area contributed by atoms with Gasteiger partial charge in [0.15, 0.2) is 0 Å². The second-order valence-corrected chi connectivity index (χ2v) is 9.55. The summed E-state index contributed by atoms with van der Waals surface area (Å²) >= 11 is 0. The molecule has 1 amide bonds. The molecule has 0 aliphatic carbocycles. The molecule has 28 heavy (non-hydrogen) atoms. The molecule has 1 aliphatic rings. The van der Waals surface area contributed by atoms with E-state index in [1.54, 1.807) is 0 Å². The van der Waals surface area contributed by atoms with Gasteiger partial charge in [-0.15, -0.1) is 0 Å². The molecule has 6 heteroatoms. The molecule has 0 spiro atoms. The molecule has 0 aromatic heterocycles. The fourth-order valence-electron chi connectivity index (χ4n) is 3.61. The first-order chi connectivity index (χ1) is 13.4. The number of carbonyl (C=O) groups excluding carboxylic acids is 1. The minimum atomic E-state index is -3.35. The molecular formula is C22H28N2O3S. The Labute approximate surface area is 167 Å². The summed E-state index contributed by atoms with van der Waals surface area (Å²) in [5.74, 6) is -0.290. The van der Waals surface area contributed by atoms with E-state index in [1.165, 1.54) is 4.31 Å². The summed E-state index contributed by atoms with van der Waals surface area (Å²) in [5, 5.41) is 2.93. The lowest BCUT2D eigenvalue weighted by Crippen LogP contribution is -2.44. The van der Waals surface area contributed by atoms with Gasteiger partial charge in [0.25, 0.3) is 0 Å². The highest BCUT2D eigenvalue weighted by atomic mass is 32.2. The maximum absolute atomic E-state index is 12.7. The Morgan fingerprint density at radius 2 is 1.93 bits per heavy atom. The van der Waals surface area contributed by atoms with Crippen LogP contribution >= 0.6 is 0 Å². The number of benzene rings is 2. The van der Waals surface area contributed by atoms with Crippen molar-refractivity contribution >= 4 is 21.6 Å². The summed E-state index contributed by atoms with van der Waals surface area (Å²) < 4.78 is 27.0. The van der Waals surface area contributed by atoms with Crippen LogP contribution in [0.3, 0.4) is 0 Å². The lowest BCUT2D eigenvalue weighted by Gasteiger charge is -2.31. The molecule has 0 saturated carbocycles.